The van der Waals surface area contributed by atoms with E-state index in [1.165, 1.54) is 12.1 Å². The topological polar surface area (TPSA) is 59.1 Å². The maximum absolute atomic E-state index is 13.2. The van der Waals surface area contributed by atoms with Gasteiger partial charge in [-0.2, -0.15) is 4.98 Å². The lowest BCUT2D eigenvalue weighted by atomic mass is 10.3. The van der Waals surface area contributed by atoms with Crippen LogP contribution in [-0.2, 0) is 4.74 Å². The van der Waals surface area contributed by atoms with E-state index in [1.807, 2.05) is 13.8 Å². The molecule has 0 radical (unpaired) electrons. The molecular formula is C15H18F2N4O. The molecule has 1 atom stereocenters. The Morgan fingerprint density at radius 1 is 1.14 bits per heavy atom. The van der Waals surface area contributed by atoms with Crippen molar-refractivity contribution < 1.29 is 13.5 Å². The number of aromatic nitrogens is 2. The molecule has 0 saturated carbocycles. The van der Waals surface area contributed by atoms with Gasteiger partial charge in [-0.05, 0) is 26.0 Å². The van der Waals surface area contributed by atoms with Crippen molar-refractivity contribution in [3.8, 4) is 0 Å². The van der Waals surface area contributed by atoms with Crippen LogP contribution in [0.2, 0.25) is 0 Å². The Morgan fingerprint density at radius 2 is 1.82 bits per heavy atom. The van der Waals surface area contributed by atoms with Crippen LogP contribution < -0.4 is 10.6 Å². The molecule has 2 N–H and O–H groups in total. The number of rotatable bonds is 6. The summed E-state index contributed by atoms with van der Waals surface area (Å²) in [4.78, 5) is 8.54. The van der Waals surface area contributed by atoms with Crippen LogP contribution in [0.15, 0.2) is 24.3 Å². The second-order valence-corrected chi connectivity index (χ2v) is 5.00. The summed E-state index contributed by atoms with van der Waals surface area (Å²) in [7, 11) is 1.61. The normalized spacial score (nSPS) is 12.0. The zero-order valence-corrected chi connectivity index (χ0v) is 12.7. The number of nitrogens with one attached hydrogen (secondary N) is 2. The largest absolute Gasteiger partial charge is 0.383 e. The predicted octanol–water partition coefficient (Wildman–Crippen LogP) is 3.25. The van der Waals surface area contributed by atoms with Gasteiger partial charge in [-0.1, -0.05) is 0 Å². The summed E-state index contributed by atoms with van der Waals surface area (Å²) in [5.74, 6) is -0.436. The van der Waals surface area contributed by atoms with E-state index in [0.717, 1.165) is 11.8 Å². The fourth-order valence-corrected chi connectivity index (χ4v) is 1.98. The van der Waals surface area contributed by atoms with Gasteiger partial charge in [0.2, 0.25) is 5.95 Å². The Hall–Kier alpha value is -2.28. The van der Waals surface area contributed by atoms with E-state index in [2.05, 4.69) is 20.6 Å². The monoisotopic (exact) mass is 308 g/mol. The third-order valence-corrected chi connectivity index (χ3v) is 2.78. The Morgan fingerprint density at radius 3 is 2.45 bits per heavy atom. The smallest absolute Gasteiger partial charge is 0.225 e. The number of hydrogen-bond acceptors (Lipinski definition) is 5. The molecule has 1 aromatic heterocycles. The summed E-state index contributed by atoms with van der Waals surface area (Å²) in [6.45, 7) is 4.25. The highest BCUT2D eigenvalue weighted by atomic mass is 19.1. The van der Waals surface area contributed by atoms with Gasteiger partial charge in [-0.25, -0.2) is 13.8 Å². The van der Waals surface area contributed by atoms with Crippen LogP contribution in [0.1, 0.15) is 12.6 Å². The van der Waals surface area contributed by atoms with Gasteiger partial charge in [-0.3, -0.25) is 0 Å². The van der Waals surface area contributed by atoms with E-state index in [9.17, 15) is 8.78 Å². The number of aryl methyl sites for hydroxylation is 1. The summed E-state index contributed by atoms with van der Waals surface area (Å²) in [5, 5.41) is 5.97. The van der Waals surface area contributed by atoms with Crippen molar-refractivity contribution in [2.45, 2.75) is 19.9 Å². The van der Waals surface area contributed by atoms with Crippen molar-refractivity contribution in [2.75, 3.05) is 24.4 Å². The average Bonchev–Trinajstić information content (AvgIpc) is 2.36. The zero-order chi connectivity index (χ0) is 16.1. The first-order chi connectivity index (χ1) is 10.5. The molecule has 0 saturated heterocycles. The number of nitrogens with zero attached hydrogens (tertiary/aromatic N) is 2. The van der Waals surface area contributed by atoms with Gasteiger partial charge in [0.1, 0.15) is 17.5 Å². The van der Waals surface area contributed by atoms with Gasteiger partial charge >= 0.3 is 0 Å². The molecule has 2 rings (SSSR count). The minimum Gasteiger partial charge on any atom is -0.383 e. The molecule has 0 bridgehead atoms. The Bertz CT molecular complexity index is 631. The molecule has 1 aromatic carbocycles. The first kappa shape index (κ1) is 16.1. The molecular weight excluding hydrogens is 290 g/mol. The van der Waals surface area contributed by atoms with Crippen molar-refractivity contribution in [3.05, 3.63) is 41.6 Å². The summed E-state index contributed by atoms with van der Waals surface area (Å²) < 4.78 is 31.5. The van der Waals surface area contributed by atoms with E-state index >= 15 is 0 Å². The lowest BCUT2D eigenvalue weighted by Crippen LogP contribution is -2.22. The molecule has 7 heteroatoms. The molecule has 0 aliphatic carbocycles. The molecule has 2 aromatic rings. The highest BCUT2D eigenvalue weighted by Gasteiger charge is 2.07. The molecule has 5 nitrogen and oxygen atoms in total. The molecule has 0 aliphatic rings. The van der Waals surface area contributed by atoms with E-state index in [-0.39, 0.29) is 11.7 Å². The van der Waals surface area contributed by atoms with Crippen LogP contribution in [0.5, 0.6) is 0 Å². The standard InChI is InChI=1S/C15H18F2N4O/c1-9-4-14(20-13-6-11(16)5-12(17)7-13)21-15(18-9)19-10(2)8-22-3/h4-7,10H,8H2,1-3H3,(H2,18,19,20,21). The van der Waals surface area contributed by atoms with Gasteiger partial charge in [0.15, 0.2) is 0 Å². The number of methoxy groups -OCH3 is 1. The summed E-state index contributed by atoms with van der Waals surface area (Å²) >= 11 is 0. The lowest BCUT2D eigenvalue weighted by molar-refractivity contribution is 0.190. The Balaban J connectivity index is 2.18. The maximum atomic E-state index is 13.2. The SMILES string of the molecule is COCC(C)Nc1nc(C)cc(Nc2cc(F)cc(F)c2)n1. The molecule has 0 aliphatic heterocycles. The molecule has 22 heavy (non-hydrogen) atoms. The Labute approximate surface area is 127 Å². The van der Waals surface area contributed by atoms with Crippen molar-refractivity contribution in [1.82, 2.24) is 9.97 Å². The first-order valence-corrected chi connectivity index (χ1v) is 6.80. The van der Waals surface area contributed by atoms with Crippen molar-refractivity contribution >= 4 is 17.5 Å². The third kappa shape index (κ3) is 4.63. The van der Waals surface area contributed by atoms with Gasteiger partial charge in [0.25, 0.3) is 0 Å². The van der Waals surface area contributed by atoms with Crippen molar-refractivity contribution in [1.29, 1.82) is 0 Å². The van der Waals surface area contributed by atoms with Gasteiger partial charge in [0.05, 0.1) is 6.61 Å². The quantitative estimate of drug-likeness (QED) is 0.858. The zero-order valence-electron chi connectivity index (χ0n) is 12.7. The Kier molecular flexibility index (Phi) is 5.21. The molecule has 0 spiro atoms. The lowest BCUT2D eigenvalue weighted by Gasteiger charge is -2.14. The van der Waals surface area contributed by atoms with Crippen LogP contribution >= 0.6 is 0 Å². The third-order valence-electron chi connectivity index (χ3n) is 2.78. The van der Waals surface area contributed by atoms with Crippen LogP contribution in [0.3, 0.4) is 0 Å². The number of benzene rings is 1. The minimum absolute atomic E-state index is 0.0336. The van der Waals surface area contributed by atoms with Gasteiger partial charge in [0, 0.05) is 36.7 Å². The van der Waals surface area contributed by atoms with Gasteiger partial charge < -0.3 is 15.4 Å². The summed E-state index contributed by atoms with van der Waals surface area (Å²) in [6.07, 6.45) is 0. The number of ether oxygens (including phenoxy) is 1. The van der Waals surface area contributed by atoms with Gasteiger partial charge in [-0.15, -0.1) is 0 Å². The maximum Gasteiger partial charge on any atom is 0.225 e. The minimum atomic E-state index is -0.652. The predicted molar refractivity (Wildman–Crippen MR) is 81.4 cm³/mol. The van der Waals surface area contributed by atoms with E-state index < -0.39 is 11.6 Å². The fraction of sp³-hybridized carbons (Fsp3) is 0.333. The molecule has 1 heterocycles. The molecule has 1 unspecified atom stereocenters. The first-order valence-electron chi connectivity index (χ1n) is 6.80. The fourth-order valence-electron chi connectivity index (χ4n) is 1.98. The number of hydrogen-bond donors (Lipinski definition) is 2. The van der Waals surface area contributed by atoms with E-state index in [4.69, 9.17) is 4.74 Å². The molecule has 118 valence electrons. The highest BCUT2D eigenvalue weighted by Crippen LogP contribution is 2.19. The number of halogens is 2. The second kappa shape index (κ2) is 7.13. The van der Waals surface area contributed by atoms with Crippen LogP contribution in [0, 0.1) is 18.6 Å². The second-order valence-electron chi connectivity index (χ2n) is 5.00. The van der Waals surface area contributed by atoms with Crippen LogP contribution in [0.4, 0.5) is 26.2 Å². The van der Waals surface area contributed by atoms with E-state index in [0.29, 0.717) is 18.4 Å². The van der Waals surface area contributed by atoms with Crippen molar-refractivity contribution in [2.24, 2.45) is 0 Å². The highest BCUT2D eigenvalue weighted by molar-refractivity contribution is 5.57. The van der Waals surface area contributed by atoms with Crippen LogP contribution in [-0.4, -0.2) is 29.7 Å². The summed E-state index contributed by atoms with van der Waals surface area (Å²) in [6, 6.07) is 4.93. The number of anilines is 3. The van der Waals surface area contributed by atoms with Crippen LogP contribution in [0.25, 0.3) is 0 Å². The van der Waals surface area contributed by atoms with Crippen molar-refractivity contribution in [3.63, 3.8) is 0 Å². The van der Waals surface area contributed by atoms with E-state index in [1.54, 1.807) is 13.2 Å². The average molecular weight is 308 g/mol. The molecule has 0 amide bonds. The molecule has 0 fully saturated rings. The summed E-state index contributed by atoms with van der Waals surface area (Å²) in [5.41, 5.74) is 1.01.